The van der Waals surface area contributed by atoms with E-state index in [4.69, 9.17) is 5.11 Å². The molecule has 1 heterocycles. The number of rotatable bonds is 8. The second kappa shape index (κ2) is 8.91. The minimum absolute atomic E-state index is 0.195. The highest BCUT2D eigenvalue weighted by molar-refractivity contribution is 5.78. The van der Waals surface area contributed by atoms with Gasteiger partial charge in [-0.1, -0.05) is 6.42 Å². The molecule has 1 rings (SSSR count). The van der Waals surface area contributed by atoms with Crippen molar-refractivity contribution in [2.45, 2.75) is 44.9 Å². The van der Waals surface area contributed by atoms with Crippen LogP contribution in [0.1, 0.15) is 44.9 Å². The van der Waals surface area contributed by atoms with Crippen molar-refractivity contribution in [3.8, 4) is 0 Å². The first-order valence-electron chi connectivity index (χ1n) is 6.90. The molecule has 0 saturated carbocycles. The molecule has 0 aliphatic carbocycles. The smallest absolute Gasteiger partial charge is 0.303 e. The van der Waals surface area contributed by atoms with E-state index in [1.807, 2.05) is 4.90 Å². The first kappa shape index (κ1) is 15.0. The summed E-state index contributed by atoms with van der Waals surface area (Å²) in [5.41, 5.74) is 0. The highest BCUT2D eigenvalue weighted by Crippen LogP contribution is 2.08. The van der Waals surface area contributed by atoms with Gasteiger partial charge in [0.05, 0.1) is 6.54 Å². The standard InChI is InChI=1S/C13H24N2O3/c16-12(15-9-5-2-6-10-15)11-14-8-4-1-3-7-13(17)18/h14H,1-11H2,(H,17,18). The van der Waals surface area contributed by atoms with Gasteiger partial charge in [-0.2, -0.15) is 0 Å². The van der Waals surface area contributed by atoms with Crippen molar-refractivity contribution >= 4 is 11.9 Å². The molecule has 0 spiro atoms. The Balaban J connectivity index is 1.93. The predicted octanol–water partition coefficient (Wildman–Crippen LogP) is 1.23. The number of nitrogens with zero attached hydrogens (tertiary/aromatic N) is 1. The van der Waals surface area contributed by atoms with Gasteiger partial charge >= 0.3 is 5.97 Å². The molecule has 0 aromatic heterocycles. The van der Waals surface area contributed by atoms with Gasteiger partial charge in [-0.05, 0) is 38.6 Å². The van der Waals surface area contributed by atoms with Crippen LogP contribution < -0.4 is 5.32 Å². The summed E-state index contributed by atoms with van der Waals surface area (Å²) in [6.07, 6.45) is 6.28. The van der Waals surface area contributed by atoms with Crippen molar-refractivity contribution in [2.24, 2.45) is 0 Å². The number of nitrogens with one attached hydrogen (secondary N) is 1. The predicted molar refractivity (Wildman–Crippen MR) is 69.4 cm³/mol. The molecule has 0 unspecified atom stereocenters. The summed E-state index contributed by atoms with van der Waals surface area (Å²) in [6, 6.07) is 0. The molecule has 0 radical (unpaired) electrons. The van der Waals surface area contributed by atoms with E-state index < -0.39 is 5.97 Å². The van der Waals surface area contributed by atoms with Crippen LogP contribution in [-0.2, 0) is 9.59 Å². The van der Waals surface area contributed by atoms with Crippen LogP contribution in [0.5, 0.6) is 0 Å². The number of carboxylic acid groups (broad SMARTS) is 1. The number of carbonyl (C=O) groups excluding carboxylic acids is 1. The number of unbranched alkanes of at least 4 members (excludes halogenated alkanes) is 2. The van der Waals surface area contributed by atoms with Crippen LogP contribution in [0.3, 0.4) is 0 Å². The van der Waals surface area contributed by atoms with Crippen LogP contribution in [0.2, 0.25) is 0 Å². The molecule has 1 saturated heterocycles. The minimum atomic E-state index is -0.733. The van der Waals surface area contributed by atoms with Gasteiger partial charge in [0.2, 0.25) is 5.91 Å². The number of hydrogen-bond acceptors (Lipinski definition) is 3. The quantitative estimate of drug-likeness (QED) is 0.641. The van der Waals surface area contributed by atoms with Crippen LogP contribution in [0.4, 0.5) is 0 Å². The molecule has 5 nitrogen and oxygen atoms in total. The third-order valence-corrected chi connectivity index (χ3v) is 3.23. The lowest BCUT2D eigenvalue weighted by molar-refractivity contribution is -0.137. The van der Waals surface area contributed by atoms with Crippen LogP contribution in [0, 0.1) is 0 Å². The normalized spacial score (nSPS) is 15.7. The fraction of sp³-hybridized carbons (Fsp3) is 0.846. The molecule has 1 aliphatic heterocycles. The van der Waals surface area contributed by atoms with E-state index in [0.29, 0.717) is 6.54 Å². The fourth-order valence-corrected chi connectivity index (χ4v) is 2.15. The number of likely N-dealkylation sites (tertiary alicyclic amines) is 1. The zero-order chi connectivity index (χ0) is 13.2. The first-order valence-corrected chi connectivity index (χ1v) is 6.90. The Morgan fingerprint density at radius 3 is 2.44 bits per heavy atom. The first-order chi connectivity index (χ1) is 8.70. The molecule has 104 valence electrons. The summed E-state index contributed by atoms with van der Waals surface area (Å²) in [7, 11) is 0. The van der Waals surface area contributed by atoms with E-state index in [9.17, 15) is 9.59 Å². The van der Waals surface area contributed by atoms with Crippen molar-refractivity contribution in [3.63, 3.8) is 0 Å². The number of amides is 1. The van der Waals surface area contributed by atoms with Gasteiger partial charge in [0.1, 0.15) is 0 Å². The van der Waals surface area contributed by atoms with Crippen molar-refractivity contribution in [2.75, 3.05) is 26.2 Å². The van der Waals surface area contributed by atoms with Gasteiger partial charge in [0.15, 0.2) is 0 Å². The Hall–Kier alpha value is -1.10. The van der Waals surface area contributed by atoms with Gasteiger partial charge in [0, 0.05) is 19.5 Å². The number of hydrogen-bond donors (Lipinski definition) is 2. The van der Waals surface area contributed by atoms with Crippen molar-refractivity contribution in [1.29, 1.82) is 0 Å². The number of piperidine rings is 1. The molecular formula is C13H24N2O3. The third-order valence-electron chi connectivity index (χ3n) is 3.23. The summed E-state index contributed by atoms with van der Waals surface area (Å²) in [6.45, 7) is 3.01. The highest BCUT2D eigenvalue weighted by Gasteiger charge is 2.15. The van der Waals surface area contributed by atoms with Crippen LogP contribution in [0.15, 0.2) is 0 Å². The Kier molecular flexibility index (Phi) is 7.41. The van der Waals surface area contributed by atoms with Crippen molar-refractivity contribution in [1.82, 2.24) is 10.2 Å². The van der Waals surface area contributed by atoms with Crippen LogP contribution in [0.25, 0.3) is 0 Å². The van der Waals surface area contributed by atoms with Crippen LogP contribution >= 0.6 is 0 Å². The lowest BCUT2D eigenvalue weighted by Crippen LogP contribution is -2.41. The lowest BCUT2D eigenvalue weighted by atomic mass is 10.1. The summed E-state index contributed by atoms with van der Waals surface area (Å²) >= 11 is 0. The van der Waals surface area contributed by atoms with E-state index in [2.05, 4.69) is 5.32 Å². The molecule has 2 N–H and O–H groups in total. The number of carboxylic acids is 1. The van der Waals surface area contributed by atoms with Gasteiger partial charge in [0.25, 0.3) is 0 Å². The number of aliphatic carboxylic acids is 1. The van der Waals surface area contributed by atoms with Gasteiger partial charge in [-0.25, -0.2) is 0 Å². The molecule has 18 heavy (non-hydrogen) atoms. The Bertz CT molecular complexity index is 263. The molecule has 1 fully saturated rings. The maximum atomic E-state index is 11.8. The zero-order valence-electron chi connectivity index (χ0n) is 11.0. The Labute approximate surface area is 109 Å². The number of carbonyl (C=O) groups is 2. The molecule has 0 aromatic rings. The molecule has 0 aromatic carbocycles. The molecule has 1 aliphatic rings. The summed E-state index contributed by atoms with van der Waals surface area (Å²) < 4.78 is 0. The Morgan fingerprint density at radius 2 is 1.78 bits per heavy atom. The molecular weight excluding hydrogens is 232 g/mol. The molecule has 1 amide bonds. The van der Waals surface area contributed by atoms with Gasteiger partial charge < -0.3 is 15.3 Å². The van der Waals surface area contributed by atoms with E-state index >= 15 is 0 Å². The topological polar surface area (TPSA) is 69.6 Å². The maximum absolute atomic E-state index is 11.8. The fourth-order valence-electron chi connectivity index (χ4n) is 2.15. The van der Waals surface area contributed by atoms with Crippen LogP contribution in [-0.4, -0.2) is 48.1 Å². The largest absolute Gasteiger partial charge is 0.481 e. The average molecular weight is 256 g/mol. The maximum Gasteiger partial charge on any atom is 0.303 e. The van der Waals surface area contributed by atoms with Crippen molar-refractivity contribution in [3.05, 3.63) is 0 Å². The Morgan fingerprint density at radius 1 is 1.06 bits per heavy atom. The zero-order valence-corrected chi connectivity index (χ0v) is 11.0. The average Bonchev–Trinajstić information content (AvgIpc) is 2.38. The molecule has 0 bridgehead atoms. The van der Waals surface area contributed by atoms with Gasteiger partial charge in [-0.3, -0.25) is 9.59 Å². The van der Waals surface area contributed by atoms with Gasteiger partial charge in [-0.15, -0.1) is 0 Å². The summed E-state index contributed by atoms with van der Waals surface area (Å²) in [4.78, 5) is 24.0. The molecule has 0 atom stereocenters. The molecule has 5 heteroatoms. The van der Waals surface area contributed by atoms with E-state index in [1.165, 1.54) is 6.42 Å². The third kappa shape index (κ3) is 6.59. The SMILES string of the molecule is O=C(O)CCCCCNCC(=O)N1CCCCC1. The minimum Gasteiger partial charge on any atom is -0.481 e. The second-order valence-corrected chi connectivity index (χ2v) is 4.82. The lowest BCUT2D eigenvalue weighted by Gasteiger charge is -2.26. The second-order valence-electron chi connectivity index (χ2n) is 4.82. The van der Waals surface area contributed by atoms with E-state index in [1.54, 1.807) is 0 Å². The monoisotopic (exact) mass is 256 g/mol. The van der Waals surface area contributed by atoms with E-state index in [-0.39, 0.29) is 12.3 Å². The van der Waals surface area contributed by atoms with Crippen molar-refractivity contribution < 1.29 is 14.7 Å². The van der Waals surface area contributed by atoms with E-state index in [0.717, 1.165) is 51.7 Å². The summed E-state index contributed by atoms with van der Waals surface area (Å²) in [5, 5.41) is 11.6. The summed E-state index contributed by atoms with van der Waals surface area (Å²) in [5.74, 6) is -0.538. The highest BCUT2D eigenvalue weighted by atomic mass is 16.4.